The molecular formula is C21H18O7. The third-order valence-electron chi connectivity index (χ3n) is 5.88. The van der Waals surface area contributed by atoms with E-state index in [4.69, 9.17) is 23.7 Å². The minimum absolute atomic E-state index is 0.0584. The molecule has 0 aliphatic carbocycles. The Morgan fingerprint density at radius 3 is 2.61 bits per heavy atom. The number of hydrogen-bond donors (Lipinski definition) is 2. The fourth-order valence-corrected chi connectivity index (χ4v) is 4.34. The first-order chi connectivity index (χ1) is 13.6. The lowest BCUT2D eigenvalue weighted by atomic mass is 9.84. The molecule has 0 spiro atoms. The van der Waals surface area contributed by atoms with E-state index in [-0.39, 0.29) is 26.1 Å². The van der Waals surface area contributed by atoms with Gasteiger partial charge >= 0.3 is 0 Å². The topological polar surface area (TPSA) is 86.6 Å². The number of benzene rings is 2. The van der Waals surface area contributed by atoms with Crippen LogP contribution in [0.3, 0.4) is 0 Å². The first-order valence-electron chi connectivity index (χ1n) is 9.15. The van der Waals surface area contributed by atoms with Gasteiger partial charge in [0.15, 0.2) is 23.2 Å². The van der Waals surface area contributed by atoms with Crippen LogP contribution in [0, 0.1) is 0 Å². The van der Waals surface area contributed by atoms with Gasteiger partial charge in [0.2, 0.25) is 6.79 Å². The molecule has 2 aromatic carbocycles. The Bertz CT molecular complexity index is 1030. The van der Waals surface area contributed by atoms with Crippen LogP contribution in [0.15, 0.2) is 36.4 Å². The van der Waals surface area contributed by atoms with E-state index in [9.17, 15) is 10.2 Å². The molecule has 6 rings (SSSR count). The molecule has 0 amide bonds. The maximum absolute atomic E-state index is 11.4. The second kappa shape index (κ2) is 5.33. The normalized spacial score (nSPS) is 27.6. The third kappa shape index (κ3) is 2.00. The minimum Gasteiger partial charge on any atom is -0.489 e. The molecule has 0 fully saturated rings. The molecule has 0 radical (unpaired) electrons. The van der Waals surface area contributed by atoms with Gasteiger partial charge in [-0.2, -0.15) is 0 Å². The number of rotatable bonds is 2. The molecule has 144 valence electrons. The maximum Gasteiger partial charge on any atom is 0.231 e. The van der Waals surface area contributed by atoms with Crippen LogP contribution in [0.4, 0.5) is 0 Å². The van der Waals surface area contributed by atoms with Gasteiger partial charge in [-0.3, -0.25) is 0 Å². The second-order valence-corrected chi connectivity index (χ2v) is 7.54. The Labute approximate surface area is 160 Å². The molecule has 3 atom stereocenters. The Morgan fingerprint density at radius 2 is 1.79 bits per heavy atom. The highest BCUT2D eigenvalue weighted by Crippen LogP contribution is 2.57. The summed E-state index contributed by atoms with van der Waals surface area (Å²) in [7, 11) is 0. The zero-order valence-corrected chi connectivity index (χ0v) is 14.9. The summed E-state index contributed by atoms with van der Waals surface area (Å²) in [5.41, 5.74) is 1.69. The first-order valence-corrected chi connectivity index (χ1v) is 9.15. The summed E-state index contributed by atoms with van der Waals surface area (Å²) in [4.78, 5) is 0. The Kier molecular flexibility index (Phi) is 3.07. The van der Waals surface area contributed by atoms with Gasteiger partial charge in [-0.25, -0.2) is 0 Å². The number of aliphatic hydroxyl groups excluding tert-OH is 1. The lowest BCUT2D eigenvalue weighted by molar-refractivity contribution is -0.0865. The van der Waals surface area contributed by atoms with Gasteiger partial charge in [0, 0.05) is 29.7 Å². The van der Waals surface area contributed by atoms with Crippen LogP contribution in [0.25, 0.3) is 0 Å². The van der Waals surface area contributed by atoms with Crippen molar-refractivity contribution in [2.45, 2.75) is 24.2 Å². The largest absolute Gasteiger partial charge is 0.489 e. The summed E-state index contributed by atoms with van der Waals surface area (Å²) in [6.45, 7) is 3.96. The van der Waals surface area contributed by atoms with Crippen LogP contribution < -0.4 is 23.7 Å². The molecule has 0 saturated carbocycles. The second-order valence-electron chi connectivity index (χ2n) is 7.54. The summed E-state index contributed by atoms with van der Waals surface area (Å²) in [6.07, 6.45) is -0.253. The summed E-state index contributed by atoms with van der Waals surface area (Å²) in [5, 5.41) is 20.8. The average molecular weight is 382 g/mol. The van der Waals surface area contributed by atoms with Crippen LogP contribution in [0.5, 0.6) is 28.7 Å². The van der Waals surface area contributed by atoms with E-state index in [2.05, 4.69) is 6.58 Å². The molecule has 4 aliphatic heterocycles. The van der Waals surface area contributed by atoms with Crippen molar-refractivity contribution < 1.29 is 33.9 Å². The highest BCUT2D eigenvalue weighted by Gasteiger charge is 2.54. The Morgan fingerprint density at radius 1 is 1.00 bits per heavy atom. The average Bonchev–Trinajstić information content (AvgIpc) is 3.39. The number of fused-ring (bicyclic) bond motifs is 7. The third-order valence-corrected chi connectivity index (χ3v) is 5.88. The van der Waals surface area contributed by atoms with Gasteiger partial charge in [-0.1, -0.05) is 6.58 Å². The van der Waals surface area contributed by atoms with Gasteiger partial charge in [0.05, 0.1) is 6.61 Å². The molecular weight excluding hydrogens is 364 g/mol. The molecule has 28 heavy (non-hydrogen) atoms. The maximum atomic E-state index is 11.4. The van der Waals surface area contributed by atoms with Crippen molar-refractivity contribution in [1.82, 2.24) is 0 Å². The van der Waals surface area contributed by atoms with E-state index in [1.807, 2.05) is 12.1 Å². The summed E-state index contributed by atoms with van der Waals surface area (Å²) in [6, 6.07) is 7.30. The van der Waals surface area contributed by atoms with Crippen LogP contribution in [0.1, 0.15) is 22.8 Å². The van der Waals surface area contributed by atoms with E-state index < -0.39 is 11.7 Å². The molecule has 7 nitrogen and oxygen atoms in total. The van der Waals surface area contributed by atoms with Gasteiger partial charge in [0.1, 0.15) is 30.0 Å². The van der Waals surface area contributed by atoms with Gasteiger partial charge in [-0.15, -0.1) is 0 Å². The fourth-order valence-electron chi connectivity index (χ4n) is 4.34. The lowest BCUT2D eigenvalue weighted by Gasteiger charge is -2.35. The van der Waals surface area contributed by atoms with Gasteiger partial charge in [-0.05, 0) is 23.3 Å². The molecule has 0 bridgehead atoms. The molecule has 2 N–H and O–H groups in total. The van der Waals surface area contributed by atoms with Crippen LogP contribution in [-0.2, 0) is 12.0 Å². The number of ether oxygens (including phenoxy) is 5. The molecule has 0 saturated heterocycles. The molecule has 4 heterocycles. The Balaban J connectivity index is 1.41. The van der Waals surface area contributed by atoms with Crippen molar-refractivity contribution in [3.8, 4) is 28.7 Å². The predicted molar refractivity (Wildman–Crippen MR) is 96.1 cm³/mol. The highest BCUT2D eigenvalue weighted by molar-refractivity contribution is 5.60. The number of hydrogen-bond acceptors (Lipinski definition) is 7. The van der Waals surface area contributed by atoms with Crippen molar-refractivity contribution in [2.24, 2.45) is 0 Å². The standard InChI is InChI=1S/C21H18O7/c1-10(7-22)14-3-11-2-12-16(5-15(11)27-14)24-8-21(23)13-4-18-19(26-9-25-18)6-17(13)28-20(12)21/h2,4-6,14,20,22-23H,1,3,7-9H2/t14-,20-,21-/m1/s1. The smallest absolute Gasteiger partial charge is 0.231 e. The zero-order valence-electron chi connectivity index (χ0n) is 14.9. The van der Waals surface area contributed by atoms with Crippen molar-refractivity contribution in [1.29, 1.82) is 0 Å². The molecule has 0 aromatic heterocycles. The quantitative estimate of drug-likeness (QED) is 0.768. The fraction of sp³-hybridized carbons (Fsp3) is 0.333. The van der Waals surface area contributed by atoms with E-state index in [0.717, 1.165) is 11.1 Å². The van der Waals surface area contributed by atoms with Crippen molar-refractivity contribution in [2.75, 3.05) is 20.0 Å². The molecule has 7 heteroatoms. The van der Waals surface area contributed by atoms with Gasteiger partial charge in [0.25, 0.3) is 0 Å². The number of aliphatic hydroxyl groups is 2. The monoisotopic (exact) mass is 382 g/mol. The summed E-state index contributed by atoms with van der Waals surface area (Å²) >= 11 is 0. The van der Waals surface area contributed by atoms with Crippen LogP contribution >= 0.6 is 0 Å². The van der Waals surface area contributed by atoms with E-state index >= 15 is 0 Å². The van der Waals surface area contributed by atoms with Crippen LogP contribution in [0.2, 0.25) is 0 Å². The minimum atomic E-state index is -1.31. The van der Waals surface area contributed by atoms with Gasteiger partial charge < -0.3 is 33.9 Å². The predicted octanol–water partition coefficient (Wildman–Crippen LogP) is 1.98. The molecule has 4 aliphatic rings. The van der Waals surface area contributed by atoms with Crippen molar-refractivity contribution >= 4 is 0 Å². The van der Waals surface area contributed by atoms with Crippen LogP contribution in [-0.4, -0.2) is 36.3 Å². The van der Waals surface area contributed by atoms with Crippen molar-refractivity contribution in [3.05, 3.63) is 53.1 Å². The molecule has 0 unspecified atom stereocenters. The SMILES string of the molecule is C=C(CO)[C@H]1Cc2cc3c(cc2O1)OC[C@@]1(O)c2cc4c(cc2O[C@H]31)OCO4. The Hall–Kier alpha value is -2.90. The summed E-state index contributed by atoms with van der Waals surface area (Å²) in [5.74, 6) is 3.10. The summed E-state index contributed by atoms with van der Waals surface area (Å²) < 4.78 is 28.8. The first kappa shape index (κ1) is 16.1. The zero-order chi connectivity index (χ0) is 19.0. The lowest BCUT2D eigenvalue weighted by Crippen LogP contribution is -2.41. The van der Waals surface area contributed by atoms with E-state index in [1.54, 1.807) is 12.1 Å². The van der Waals surface area contributed by atoms with Crippen molar-refractivity contribution in [3.63, 3.8) is 0 Å². The highest BCUT2D eigenvalue weighted by atomic mass is 16.7. The van der Waals surface area contributed by atoms with E-state index in [1.165, 1.54) is 0 Å². The molecule has 2 aromatic rings. The van der Waals surface area contributed by atoms with E-state index in [0.29, 0.717) is 46.3 Å².